The number of rotatable bonds is 5. The zero-order valence-electron chi connectivity index (χ0n) is 14.5. The van der Waals surface area contributed by atoms with Crippen molar-refractivity contribution in [3.8, 4) is 6.07 Å². The average Bonchev–Trinajstić information content (AvgIpc) is 2.59. The van der Waals surface area contributed by atoms with Gasteiger partial charge in [0.05, 0.1) is 17.1 Å². The molecule has 0 saturated carbocycles. The van der Waals surface area contributed by atoms with E-state index in [0.717, 1.165) is 35.9 Å². The summed E-state index contributed by atoms with van der Waals surface area (Å²) >= 11 is 0. The third-order valence-corrected chi connectivity index (χ3v) is 4.04. The lowest BCUT2D eigenvalue weighted by atomic mass is 9.99. The fourth-order valence-corrected chi connectivity index (χ4v) is 2.90. The molecule has 0 amide bonds. The topological polar surface area (TPSA) is 74.7 Å². The number of aromatic nitrogens is 1. The predicted molar refractivity (Wildman–Crippen MR) is 112 cm³/mol. The van der Waals surface area contributed by atoms with Gasteiger partial charge < -0.3 is 11.1 Å². The minimum atomic E-state index is 0. The van der Waals surface area contributed by atoms with E-state index in [2.05, 4.69) is 40.6 Å². The van der Waals surface area contributed by atoms with Crippen molar-refractivity contribution in [2.24, 2.45) is 0 Å². The minimum Gasteiger partial charge on any atom is -0.384 e. The summed E-state index contributed by atoms with van der Waals surface area (Å²) in [7, 11) is 1.91. The number of nitrogens with zero attached hydrogens (tertiary/aromatic N) is 2. The fourth-order valence-electron chi connectivity index (χ4n) is 2.90. The number of hydrogen-bond acceptors (Lipinski definition) is 4. The SMILES string of the molecule is CNCc1cc(C#N)cc(CCc2ccc3ccc(N)nc3c2)c1.Cl.Cl. The average molecular weight is 389 g/mol. The summed E-state index contributed by atoms with van der Waals surface area (Å²) in [5.41, 5.74) is 10.9. The second kappa shape index (κ2) is 9.98. The van der Waals surface area contributed by atoms with E-state index in [1.54, 1.807) is 0 Å². The summed E-state index contributed by atoms with van der Waals surface area (Å²) in [6.45, 7) is 0.766. The van der Waals surface area contributed by atoms with Crippen molar-refractivity contribution >= 4 is 41.5 Å². The van der Waals surface area contributed by atoms with E-state index < -0.39 is 0 Å². The lowest BCUT2D eigenvalue weighted by molar-refractivity contribution is 0.814. The minimum absolute atomic E-state index is 0. The number of anilines is 1. The Morgan fingerprint density at radius 3 is 2.38 bits per heavy atom. The number of pyridine rings is 1. The van der Waals surface area contributed by atoms with Crippen LogP contribution in [-0.4, -0.2) is 12.0 Å². The highest BCUT2D eigenvalue weighted by Crippen LogP contribution is 2.18. The van der Waals surface area contributed by atoms with E-state index >= 15 is 0 Å². The highest BCUT2D eigenvalue weighted by molar-refractivity contribution is 5.85. The summed E-state index contributed by atoms with van der Waals surface area (Å²) < 4.78 is 0. The van der Waals surface area contributed by atoms with Gasteiger partial charge in [0, 0.05) is 11.9 Å². The Kier molecular flexibility index (Phi) is 8.34. The van der Waals surface area contributed by atoms with Gasteiger partial charge in [-0.15, -0.1) is 24.8 Å². The molecule has 1 heterocycles. The van der Waals surface area contributed by atoms with Gasteiger partial charge in [-0.1, -0.05) is 18.2 Å². The largest absolute Gasteiger partial charge is 0.384 e. The van der Waals surface area contributed by atoms with Crippen molar-refractivity contribution in [2.45, 2.75) is 19.4 Å². The van der Waals surface area contributed by atoms with Crippen LogP contribution in [0.2, 0.25) is 0 Å². The van der Waals surface area contributed by atoms with Crippen molar-refractivity contribution in [1.29, 1.82) is 5.26 Å². The standard InChI is InChI=1S/C20H20N4.2ClH/c1-23-13-17-9-15(8-16(10-17)12-21)3-2-14-4-5-18-6-7-20(22)24-19(18)11-14;;/h4-11,23H,2-3,13H2,1H3,(H2,22,24);2*1H. The first-order valence-electron chi connectivity index (χ1n) is 8.00. The lowest BCUT2D eigenvalue weighted by Gasteiger charge is -2.08. The number of halogens is 2. The molecule has 136 valence electrons. The zero-order valence-corrected chi connectivity index (χ0v) is 16.2. The molecule has 0 aliphatic heterocycles. The van der Waals surface area contributed by atoms with Gasteiger partial charge >= 0.3 is 0 Å². The molecule has 26 heavy (non-hydrogen) atoms. The molecule has 0 aliphatic rings. The van der Waals surface area contributed by atoms with E-state index in [0.29, 0.717) is 11.4 Å². The molecule has 1 aromatic heterocycles. The fraction of sp³-hybridized carbons (Fsp3) is 0.200. The third kappa shape index (κ3) is 5.34. The first-order valence-corrected chi connectivity index (χ1v) is 8.00. The molecule has 0 radical (unpaired) electrons. The van der Waals surface area contributed by atoms with E-state index in [4.69, 9.17) is 5.73 Å². The van der Waals surface area contributed by atoms with Crippen LogP contribution in [0.5, 0.6) is 0 Å². The maximum Gasteiger partial charge on any atom is 0.124 e. The van der Waals surface area contributed by atoms with Crippen molar-refractivity contribution < 1.29 is 0 Å². The highest BCUT2D eigenvalue weighted by atomic mass is 35.5. The van der Waals surface area contributed by atoms with Gasteiger partial charge in [0.2, 0.25) is 0 Å². The smallest absolute Gasteiger partial charge is 0.124 e. The van der Waals surface area contributed by atoms with Crippen LogP contribution in [0.1, 0.15) is 22.3 Å². The Balaban J connectivity index is 0.00000169. The summed E-state index contributed by atoms with van der Waals surface area (Å²) in [4.78, 5) is 4.38. The highest BCUT2D eigenvalue weighted by Gasteiger charge is 2.03. The molecule has 0 unspecified atom stereocenters. The molecule has 0 spiro atoms. The van der Waals surface area contributed by atoms with Gasteiger partial charge in [0.15, 0.2) is 0 Å². The van der Waals surface area contributed by atoms with Crippen molar-refractivity contribution in [3.63, 3.8) is 0 Å². The van der Waals surface area contributed by atoms with Gasteiger partial charge in [-0.2, -0.15) is 5.26 Å². The molecule has 0 atom stereocenters. The number of nitrogens with one attached hydrogen (secondary N) is 1. The lowest BCUT2D eigenvalue weighted by Crippen LogP contribution is -2.06. The molecule has 0 bridgehead atoms. The molecule has 0 aliphatic carbocycles. The molecule has 3 N–H and O–H groups in total. The van der Waals surface area contributed by atoms with Gasteiger partial charge in [0.1, 0.15) is 5.82 Å². The number of nitriles is 1. The number of nitrogen functional groups attached to an aromatic ring is 1. The van der Waals surface area contributed by atoms with Crippen LogP contribution < -0.4 is 11.1 Å². The van der Waals surface area contributed by atoms with Crippen molar-refractivity contribution in [2.75, 3.05) is 12.8 Å². The van der Waals surface area contributed by atoms with Crippen LogP contribution in [0.15, 0.2) is 48.5 Å². The van der Waals surface area contributed by atoms with E-state index in [1.165, 1.54) is 11.1 Å². The second-order valence-electron chi connectivity index (χ2n) is 5.94. The van der Waals surface area contributed by atoms with Gasteiger partial charge in [-0.05, 0) is 66.9 Å². The van der Waals surface area contributed by atoms with E-state index in [1.807, 2.05) is 31.3 Å². The van der Waals surface area contributed by atoms with E-state index in [-0.39, 0.29) is 24.8 Å². The number of fused-ring (bicyclic) bond motifs is 1. The molecule has 0 saturated heterocycles. The zero-order chi connectivity index (χ0) is 16.9. The molecule has 4 nitrogen and oxygen atoms in total. The molecule has 3 rings (SSSR count). The molecule has 6 heteroatoms. The summed E-state index contributed by atoms with van der Waals surface area (Å²) in [5, 5.41) is 13.4. The van der Waals surface area contributed by atoms with E-state index in [9.17, 15) is 5.26 Å². The molecular weight excluding hydrogens is 367 g/mol. The van der Waals surface area contributed by atoms with Crippen LogP contribution in [0.25, 0.3) is 10.9 Å². The number of nitrogens with two attached hydrogens (primary N) is 1. The maximum atomic E-state index is 9.19. The Morgan fingerprint density at radius 1 is 0.962 bits per heavy atom. The first kappa shape index (κ1) is 21.7. The maximum absolute atomic E-state index is 9.19. The molecule has 3 aromatic rings. The number of aryl methyl sites for hydroxylation is 2. The molecule has 2 aromatic carbocycles. The molecular formula is C20H22Cl2N4. The predicted octanol–water partition coefficient (Wildman–Crippen LogP) is 4.04. The monoisotopic (exact) mass is 388 g/mol. The normalized spacial score (nSPS) is 9.85. The number of hydrogen-bond donors (Lipinski definition) is 2. The van der Waals surface area contributed by atoms with Crippen molar-refractivity contribution in [3.05, 3.63) is 70.8 Å². The summed E-state index contributed by atoms with van der Waals surface area (Å²) in [5.74, 6) is 0.540. The summed E-state index contributed by atoms with van der Waals surface area (Å²) in [6.07, 6.45) is 1.79. The quantitative estimate of drug-likeness (QED) is 0.691. The Hall–Kier alpha value is -2.32. The van der Waals surface area contributed by atoms with Crippen molar-refractivity contribution in [1.82, 2.24) is 10.3 Å². The second-order valence-corrected chi connectivity index (χ2v) is 5.94. The summed E-state index contributed by atoms with van der Waals surface area (Å²) in [6, 6.07) is 18.4. The van der Waals surface area contributed by atoms with Gasteiger partial charge in [-0.25, -0.2) is 4.98 Å². The van der Waals surface area contributed by atoms with Gasteiger partial charge in [-0.3, -0.25) is 0 Å². The van der Waals surface area contributed by atoms with Crippen LogP contribution in [0.3, 0.4) is 0 Å². The van der Waals surface area contributed by atoms with Crippen LogP contribution in [-0.2, 0) is 19.4 Å². The van der Waals surface area contributed by atoms with Crippen LogP contribution >= 0.6 is 24.8 Å². The Bertz CT molecular complexity index is 919. The first-order chi connectivity index (χ1) is 11.7. The van der Waals surface area contributed by atoms with Crippen LogP contribution in [0, 0.1) is 11.3 Å². The van der Waals surface area contributed by atoms with Gasteiger partial charge in [0.25, 0.3) is 0 Å². The Morgan fingerprint density at radius 2 is 1.65 bits per heavy atom. The Labute approximate surface area is 166 Å². The number of benzene rings is 2. The van der Waals surface area contributed by atoms with Crippen LogP contribution in [0.4, 0.5) is 5.82 Å². The molecule has 0 fully saturated rings. The third-order valence-electron chi connectivity index (χ3n) is 4.04.